The summed E-state index contributed by atoms with van der Waals surface area (Å²) in [5.41, 5.74) is 2.07. The van der Waals surface area contributed by atoms with E-state index in [0.717, 1.165) is 16.9 Å². The highest BCUT2D eigenvalue weighted by atomic mass is 16.7. The Balaban J connectivity index is 1.56. The van der Waals surface area contributed by atoms with Gasteiger partial charge in [-0.25, -0.2) is 0 Å². The molecule has 2 heterocycles. The molecule has 7 nitrogen and oxygen atoms in total. The summed E-state index contributed by atoms with van der Waals surface area (Å²) in [4.78, 5) is 14.5. The zero-order chi connectivity index (χ0) is 19.5. The van der Waals surface area contributed by atoms with Crippen LogP contribution in [0, 0.1) is 6.92 Å². The van der Waals surface area contributed by atoms with Crippen LogP contribution in [0.5, 0.6) is 11.5 Å². The molecule has 7 heteroatoms. The molecule has 0 unspecified atom stereocenters. The average Bonchev–Trinajstić information content (AvgIpc) is 3.34. The van der Waals surface area contributed by atoms with Crippen molar-refractivity contribution in [1.82, 2.24) is 15.1 Å². The van der Waals surface area contributed by atoms with E-state index in [-0.39, 0.29) is 25.2 Å². The minimum atomic E-state index is -0.102. The molecule has 0 saturated heterocycles. The molecule has 1 amide bonds. The van der Waals surface area contributed by atoms with Gasteiger partial charge in [-0.1, -0.05) is 36.4 Å². The lowest BCUT2D eigenvalue weighted by Crippen LogP contribution is -2.28. The van der Waals surface area contributed by atoms with Crippen molar-refractivity contribution in [2.24, 2.45) is 0 Å². The van der Waals surface area contributed by atoms with Gasteiger partial charge >= 0.3 is 0 Å². The van der Waals surface area contributed by atoms with Crippen LogP contribution in [0.25, 0.3) is 0 Å². The molecular formula is C21H21N3O4. The van der Waals surface area contributed by atoms with Crippen molar-refractivity contribution < 1.29 is 18.7 Å². The minimum Gasteiger partial charge on any atom is -0.454 e. The number of carbonyl (C=O) groups excluding carboxylic acids is 1. The van der Waals surface area contributed by atoms with Crippen molar-refractivity contribution in [2.45, 2.75) is 25.8 Å². The normalized spacial score (nSPS) is 13.4. The van der Waals surface area contributed by atoms with E-state index in [1.165, 1.54) is 0 Å². The molecule has 1 aliphatic rings. The van der Waals surface area contributed by atoms with E-state index in [2.05, 4.69) is 10.2 Å². The summed E-state index contributed by atoms with van der Waals surface area (Å²) in [6, 6.07) is 15.8. The third-order valence-corrected chi connectivity index (χ3v) is 4.75. The van der Waals surface area contributed by atoms with Gasteiger partial charge in [-0.15, -0.1) is 10.2 Å². The zero-order valence-electron chi connectivity index (χ0n) is 15.8. The van der Waals surface area contributed by atoms with Gasteiger partial charge in [0.25, 0.3) is 0 Å². The first kappa shape index (κ1) is 18.0. The fraction of sp³-hybridized carbons (Fsp3) is 0.286. The van der Waals surface area contributed by atoms with Gasteiger partial charge < -0.3 is 18.8 Å². The van der Waals surface area contributed by atoms with E-state index in [4.69, 9.17) is 13.9 Å². The molecule has 1 aliphatic heterocycles. The predicted octanol–water partition coefficient (Wildman–Crippen LogP) is 3.29. The van der Waals surface area contributed by atoms with Crippen molar-refractivity contribution >= 4 is 5.91 Å². The van der Waals surface area contributed by atoms with Crippen molar-refractivity contribution in [1.29, 1.82) is 0 Å². The third kappa shape index (κ3) is 3.83. The van der Waals surface area contributed by atoms with E-state index in [1.807, 2.05) is 48.5 Å². The Kier molecular flexibility index (Phi) is 4.97. The number of benzene rings is 2. The van der Waals surface area contributed by atoms with Gasteiger partial charge in [0.1, 0.15) is 0 Å². The number of hydrogen-bond donors (Lipinski definition) is 0. The largest absolute Gasteiger partial charge is 0.454 e. The van der Waals surface area contributed by atoms with Crippen LogP contribution in [-0.2, 0) is 11.3 Å². The van der Waals surface area contributed by atoms with Gasteiger partial charge in [-0.05, 0) is 23.3 Å². The van der Waals surface area contributed by atoms with Gasteiger partial charge in [0.15, 0.2) is 11.5 Å². The maximum absolute atomic E-state index is 12.9. The highest BCUT2D eigenvalue weighted by Crippen LogP contribution is 2.37. The van der Waals surface area contributed by atoms with Crippen LogP contribution in [0.4, 0.5) is 0 Å². The average molecular weight is 379 g/mol. The first-order chi connectivity index (χ1) is 13.6. The quantitative estimate of drug-likeness (QED) is 0.654. The van der Waals surface area contributed by atoms with Gasteiger partial charge in [-0.3, -0.25) is 4.79 Å². The molecule has 0 fully saturated rings. The van der Waals surface area contributed by atoms with E-state index >= 15 is 0 Å². The van der Waals surface area contributed by atoms with Gasteiger partial charge in [-0.2, -0.15) is 0 Å². The van der Waals surface area contributed by atoms with E-state index in [0.29, 0.717) is 24.0 Å². The number of carbonyl (C=O) groups is 1. The lowest BCUT2D eigenvalue weighted by atomic mass is 9.88. The Hall–Kier alpha value is -3.35. The van der Waals surface area contributed by atoms with Crippen LogP contribution in [0.2, 0.25) is 0 Å². The first-order valence-electron chi connectivity index (χ1n) is 9.07. The van der Waals surface area contributed by atoms with Crippen LogP contribution < -0.4 is 9.47 Å². The van der Waals surface area contributed by atoms with E-state index in [1.54, 1.807) is 18.9 Å². The fourth-order valence-corrected chi connectivity index (χ4v) is 3.27. The minimum absolute atomic E-state index is 0.0117. The number of ether oxygens (including phenoxy) is 2. The molecule has 0 spiro atoms. The van der Waals surface area contributed by atoms with E-state index < -0.39 is 0 Å². The number of aryl methyl sites for hydroxylation is 1. The molecule has 4 rings (SSSR count). The summed E-state index contributed by atoms with van der Waals surface area (Å²) in [5.74, 6) is 2.23. The molecule has 0 radical (unpaired) electrons. The maximum atomic E-state index is 12.9. The lowest BCUT2D eigenvalue weighted by molar-refractivity contribution is -0.130. The molecule has 28 heavy (non-hydrogen) atoms. The Morgan fingerprint density at radius 1 is 1.07 bits per heavy atom. The number of aromatic nitrogens is 2. The molecule has 3 aromatic rings. The predicted molar refractivity (Wildman–Crippen MR) is 101 cm³/mol. The Morgan fingerprint density at radius 3 is 2.61 bits per heavy atom. The summed E-state index contributed by atoms with van der Waals surface area (Å²) in [6.07, 6.45) is 0.313. The van der Waals surface area contributed by atoms with Gasteiger partial charge in [0, 0.05) is 26.3 Å². The SMILES string of the molecule is Cc1nnc(CN(C)C(=O)C[C@H](c2ccccc2)c2ccc3c(c2)OCO3)o1. The fourth-order valence-electron chi connectivity index (χ4n) is 3.27. The zero-order valence-corrected chi connectivity index (χ0v) is 15.8. The van der Waals surface area contributed by atoms with Crippen molar-refractivity contribution in [2.75, 3.05) is 13.8 Å². The van der Waals surface area contributed by atoms with Crippen LogP contribution in [0.15, 0.2) is 52.9 Å². The summed E-state index contributed by atoms with van der Waals surface area (Å²) in [6.45, 7) is 2.23. The second-order valence-corrected chi connectivity index (χ2v) is 6.74. The Bertz CT molecular complexity index is 971. The molecule has 1 atom stereocenters. The summed E-state index contributed by atoms with van der Waals surface area (Å²) < 4.78 is 16.3. The van der Waals surface area contributed by atoms with Crippen LogP contribution in [0.3, 0.4) is 0 Å². The summed E-state index contributed by atoms with van der Waals surface area (Å²) >= 11 is 0. The molecule has 0 bridgehead atoms. The van der Waals surface area contributed by atoms with Crippen molar-refractivity contribution in [3.05, 3.63) is 71.4 Å². The number of fused-ring (bicyclic) bond motifs is 1. The third-order valence-electron chi connectivity index (χ3n) is 4.75. The number of nitrogens with zero attached hydrogens (tertiary/aromatic N) is 3. The number of rotatable bonds is 6. The molecule has 144 valence electrons. The molecule has 1 aromatic heterocycles. The van der Waals surface area contributed by atoms with E-state index in [9.17, 15) is 4.79 Å². The smallest absolute Gasteiger partial charge is 0.235 e. The van der Waals surface area contributed by atoms with Crippen molar-refractivity contribution in [3.63, 3.8) is 0 Å². The van der Waals surface area contributed by atoms with Crippen molar-refractivity contribution in [3.8, 4) is 11.5 Å². The first-order valence-corrected chi connectivity index (χ1v) is 9.07. The van der Waals surface area contributed by atoms with Crippen LogP contribution in [-0.4, -0.2) is 34.8 Å². The topological polar surface area (TPSA) is 77.7 Å². The van der Waals surface area contributed by atoms with Gasteiger partial charge in [0.2, 0.25) is 24.5 Å². The molecule has 0 N–H and O–H groups in total. The standard InChI is InChI=1S/C21H21N3O4/c1-14-22-23-20(28-14)12-24(2)21(25)11-17(15-6-4-3-5-7-15)16-8-9-18-19(10-16)27-13-26-18/h3-10,17H,11-13H2,1-2H3/t17-/m1/s1. The molecule has 0 aliphatic carbocycles. The second-order valence-electron chi connectivity index (χ2n) is 6.74. The number of amides is 1. The second kappa shape index (κ2) is 7.72. The molecule has 0 saturated carbocycles. The van der Waals surface area contributed by atoms with Crippen LogP contribution >= 0.6 is 0 Å². The summed E-state index contributed by atoms with van der Waals surface area (Å²) in [7, 11) is 1.74. The molecule has 2 aromatic carbocycles. The number of hydrogen-bond acceptors (Lipinski definition) is 6. The Labute approximate surface area is 162 Å². The monoisotopic (exact) mass is 379 g/mol. The highest BCUT2D eigenvalue weighted by molar-refractivity contribution is 5.77. The lowest BCUT2D eigenvalue weighted by Gasteiger charge is -2.22. The van der Waals surface area contributed by atoms with Crippen LogP contribution in [0.1, 0.15) is 35.2 Å². The maximum Gasteiger partial charge on any atom is 0.235 e. The summed E-state index contributed by atoms with van der Waals surface area (Å²) in [5, 5.41) is 7.77. The highest BCUT2D eigenvalue weighted by Gasteiger charge is 2.24. The van der Waals surface area contributed by atoms with Gasteiger partial charge in [0.05, 0.1) is 6.54 Å². The molecular weight excluding hydrogens is 358 g/mol. The Morgan fingerprint density at radius 2 is 1.86 bits per heavy atom.